The van der Waals surface area contributed by atoms with Crippen LogP contribution in [0.25, 0.3) is 11.0 Å². The second kappa shape index (κ2) is 7.95. The summed E-state index contributed by atoms with van der Waals surface area (Å²) in [5.74, 6) is 1.36. The predicted octanol–water partition coefficient (Wildman–Crippen LogP) is 4.11. The monoisotopic (exact) mass is 415 g/mol. The molecular weight excluding hydrogens is 390 g/mol. The van der Waals surface area contributed by atoms with E-state index >= 15 is 0 Å². The molecule has 1 aliphatic carbocycles. The first-order valence-electron chi connectivity index (χ1n) is 10.6. The Kier molecular flexibility index (Phi) is 4.98. The molecule has 6 heteroatoms. The maximum absolute atomic E-state index is 13.1. The third-order valence-electron chi connectivity index (χ3n) is 6.09. The van der Waals surface area contributed by atoms with Crippen molar-refractivity contribution in [2.24, 2.45) is 7.05 Å². The van der Waals surface area contributed by atoms with E-state index in [4.69, 9.17) is 9.15 Å². The van der Waals surface area contributed by atoms with Crippen molar-refractivity contribution in [1.29, 1.82) is 0 Å². The molecule has 2 heterocycles. The second-order valence-corrected chi connectivity index (χ2v) is 8.05. The first kappa shape index (κ1) is 19.4. The summed E-state index contributed by atoms with van der Waals surface area (Å²) < 4.78 is 13.2. The molecule has 0 saturated carbocycles. The van der Waals surface area contributed by atoms with E-state index in [-0.39, 0.29) is 12.3 Å². The van der Waals surface area contributed by atoms with Crippen molar-refractivity contribution in [3.63, 3.8) is 0 Å². The fraction of sp³-hybridized carbons (Fsp3) is 0.280. The van der Waals surface area contributed by atoms with E-state index in [1.807, 2.05) is 42.1 Å². The summed E-state index contributed by atoms with van der Waals surface area (Å²) in [5.41, 5.74) is 5.36. The molecule has 1 atom stereocenters. The van der Waals surface area contributed by atoms with Gasteiger partial charge in [-0.3, -0.25) is 4.79 Å². The number of benzene rings is 2. The smallest absolute Gasteiger partial charge is 0.225 e. The summed E-state index contributed by atoms with van der Waals surface area (Å²) in [7, 11) is 3.55. The van der Waals surface area contributed by atoms with Gasteiger partial charge in [-0.25, -0.2) is 4.98 Å². The van der Waals surface area contributed by atoms with Crippen molar-refractivity contribution >= 4 is 16.9 Å². The Hall–Kier alpha value is -3.54. The quantitative estimate of drug-likeness (QED) is 0.515. The molecule has 5 rings (SSSR count). The molecule has 1 unspecified atom stereocenters. The number of amides is 1. The molecule has 6 nitrogen and oxygen atoms in total. The number of hydrogen-bond donors (Lipinski definition) is 1. The normalized spacial score (nSPS) is 13.9. The molecule has 1 aliphatic rings. The van der Waals surface area contributed by atoms with Crippen LogP contribution in [0.2, 0.25) is 0 Å². The molecule has 158 valence electrons. The molecule has 2 aromatic carbocycles. The first-order chi connectivity index (χ1) is 15.1. The van der Waals surface area contributed by atoms with Crippen molar-refractivity contribution in [2.75, 3.05) is 7.11 Å². The van der Waals surface area contributed by atoms with Gasteiger partial charge in [-0.15, -0.1) is 0 Å². The van der Waals surface area contributed by atoms with Gasteiger partial charge in [-0.2, -0.15) is 0 Å². The van der Waals surface area contributed by atoms with Crippen LogP contribution in [0.4, 0.5) is 0 Å². The third-order valence-corrected chi connectivity index (χ3v) is 6.09. The number of carbonyl (C=O) groups excluding carboxylic acids is 1. The van der Waals surface area contributed by atoms with Crippen LogP contribution in [0.3, 0.4) is 0 Å². The Balaban J connectivity index is 1.44. The highest BCUT2D eigenvalue weighted by molar-refractivity contribution is 5.89. The molecule has 4 aromatic rings. The Labute approximate surface area is 180 Å². The summed E-state index contributed by atoms with van der Waals surface area (Å²) >= 11 is 0. The van der Waals surface area contributed by atoms with Gasteiger partial charge in [-0.05, 0) is 48.6 Å². The van der Waals surface area contributed by atoms with Crippen molar-refractivity contribution < 1.29 is 13.9 Å². The lowest BCUT2D eigenvalue weighted by Crippen LogP contribution is -2.32. The van der Waals surface area contributed by atoms with E-state index < -0.39 is 6.04 Å². The Morgan fingerprint density at radius 2 is 2.06 bits per heavy atom. The number of carbonyl (C=O) groups is 1. The van der Waals surface area contributed by atoms with Crippen LogP contribution in [0.1, 0.15) is 40.5 Å². The molecule has 0 bridgehead atoms. The molecule has 2 aromatic heterocycles. The molecule has 1 amide bonds. The number of hydrogen-bond acceptors (Lipinski definition) is 4. The van der Waals surface area contributed by atoms with E-state index in [0.29, 0.717) is 5.75 Å². The molecule has 0 aliphatic heterocycles. The van der Waals surface area contributed by atoms with Crippen LogP contribution < -0.4 is 10.1 Å². The predicted molar refractivity (Wildman–Crippen MR) is 118 cm³/mol. The number of rotatable bonds is 6. The van der Waals surface area contributed by atoms with Gasteiger partial charge in [-0.1, -0.05) is 18.2 Å². The SMILES string of the molecule is COc1ccccc1C(NC(=O)Cc1coc2cc3c(cc12)CCC3)c1nccn1C. The standard InChI is InChI=1S/C25H25N3O3/c1-28-11-10-26-25(28)24(19-8-3-4-9-21(19)30-2)27-23(29)14-18-15-31-22-13-17-7-5-6-16(17)12-20(18)22/h3-4,8-13,15,24H,5-7,14H2,1-2H3,(H,27,29). The van der Waals surface area contributed by atoms with Gasteiger partial charge in [0.25, 0.3) is 0 Å². The number of furan rings is 1. The van der Waals surface area contributed by atoms with Crippen molar-refractivity contribution in [3.05, 3.63) is 83.1 Å². The zero-order valence-corrected chi connectivity index (χ0v) is 17.7. The Morgan fingerprint density at radius 1 is 1.26 bits per heavy atom. The summed E-state index contributed by atoms with van der Waals surface area (Å²) in [6, 6.07) is 11.6. The van der Waals surface area contributed by atoms with Crippen LogP contribution in [0, 0.1) is 0 Å². The average Bonchev–Trinajstić information content (AvgIpc) is 3.51. The lowest BCUT2D eigenvalue weighted by Gasteiger charge is -2.21. The minimum Gasteiger partial charge on any atom is -0.496 e. The average molecular weight is 415 g/mol. The molecular formula is C25H25N3O3. The van der Waals surface area contributed by atoms with E-state index in [1.54, 1.807) is 19.6 Å². The fourth-order valence-corrected chi connectivity index (χ4v) is 4.51. The number of methoxy groups -OCH3 is 1. The van der Waals surface area contributed by atoms with Crippen LogP contribution >= 0.6 is 0 Å². The molecule has 0 spiro atoms. The van der Waals surface area contributed by atoms with Gasteiger partial charge in [0.15, 0.2) is 0 Å². The highest BCUT2D eigenvalue weighted by atomic mass is 16.5. The summed E-state index contributed by atoms with van der Waals surface area (Å²) in [4.78, 5) is 17.6. The van der Waals surface area contributed by atoms with Crippen molar-refractivity contribution in [1.82, 2.24) is 14.9 Å². The van der Waals surface area contributed by atoms with Crippen molar-refractivity contribution in [2.45, 2.75) is 31.7 Å². The highest BCUT2D eigenvalue weighted by Crippen LogP contribution is 2.32. The zero-order valence-electron chi connectivity index (χ0n) is 17.7. The lowest BCUT2D eigenvalue weighted by molar-refractivity contribution is -0.121. The summed E-state index contributed by atoms with van der Waals surface area (Å²) in [6.07, 6.45) is 8.92. The van der Waals surface area contributed by atoms with Crippen LogP contribution in [-0.4, -0.2) is 22.6 Å². The van der Waals surface area contributed by atoms with Gasteiger partial charge in [0.1, 0.15) is 23.2 Å². The molecule has 0 fully saturated rings. The zero-order chi connectivity index (χ0) is 21.4. The van der Waals surface area contributed by atoms with Gasteiger partial charge in [0.2, 0.25) is 5.91 Å². The largest absolute Gasteiger partial charge is 0.496 e. The van der Waals surface area contributed by atoms with Crippen molar-refractivity contribution in [3.8, 4) is 5.75 Å². The number of fused-ring (bicyclic) bond motifs is 2. The second-order valence-electron chi connectivity index (χ2n) is 8.05. The van der Waals surface area contributed by atoms with Crippen LogP contribution in [0.5, 0.6) is 5.75 Å². The lowest BCUT2D eigenvalue weighted by atomic mass is 10.0. The maximum atomic E-state index is 13.1. The van der Waals surface area contributed by atoms with Gasteiger partial charge >= 0.3 is 0 Å². The molecule has 1 N–H and O–H groups in total. The number of nitrogens with zero attached hydrogens (tertiary/aromatic N) is 2. The first-order valence-corrected chi connectivity index (χ1v) is 10.6. The minimum absolute atomic E-state index is 0.0953. The Morgan fingerprint density at radius 3 is 2.84 bits per heavy atom. The number of imidazole rings is 1. The Bertz CT molecular complexity index is 1250. The van der Waals surface area contributed by atoms with Gasteiger partial charge in [0, 0.05) is 36.0 Å². The highest BCUT2D eigenvalue weighted by Gasteiger charge is 2.25. The maximum Gasteiger partial charge on any atom is 0.225 e. The number of nitrogens with one attached hydrogen (secondary N) is 1. The van der Waals surface area contributed by atoms with Crippen LogP contribution in [-0.2, 0) is 31.1 Å². The summed E-state index contributed by atoms with van der Waals surface area (Å²) in [6.45, 7) is 0. The molecule has 0 radical (unpaired) electrons. The minimum atomic E-state index is -0.425. The number of ether oxygens (including phenoxy) is 1. The van der Waals surface area contributed by atoms with Gasteiger partial charge < -0.3 is 19.0 Å². The van der Waals surface area contributed by atoms with Gasteiger partial charge in [0.05, 0.1) is 19.8 Å². The fourth-order valence-electron chi connectivity index (χ4n) is 4.51. The van der Waals surface area contributed by atoms with E-state index in [9.17, 15) is 4.79 Å². The molecule has 31 heavy (non-hydrogen) atoms. The number of para-hydroxylation sites is 1. The summed E-state index contributed by atoms with van der Waals surface area (Å²) in [5, 5.41) is 4.19. The number of aryl methyl sites for hydroxylation is 3. The third kappa shape index (κ3) is 3.58. The van der Waals surface area contributed by atoms with E-state index in [2.05, 4.69) is 22.4 Å². The van der Waals surface area contributed by atoms with E-state index in [0.717, 1.165) is 40.8 Å². The van der Waals surface area contributed by atoms with Crippen LogP contribution in [0.15, 0.2) is 59.5 Å². The number of aromatic nitrogens is 2. The topological polar surface area (TPSA) is 69.3 Å². The molecule has 0 saturated heterocycles. The van der Waals surface area contributed by atoms with E-state index in [1.165, 1.54) is 17.5 Å².